The van der Waals surface area contributed by atoms with Crippen molar-refractivity contribution >= 4 is 10.0 Å². The quantitative estimate of drug-likeness (QED) is 0.722. The highest BCUT2D eigenvalue weighted by molar-refractivity contribution is 7.89. The van der Waals surface area contributed by atoms with Gasteiger partial charge in [0, 0.05) is 20.1 Å². The first-order valence-electron chi connectivity index (χ1n) is 6.23. The summed E-state index contributed by atoms with van der Waals surface area (Å²) < 4.78 is 25.3. The molecule has 1 heterocycles. The van der Waals surface area contributed by atoms with Crippen molar-refractivity contribution < 1.29 is 8.42 Å². The van der Waals surface area contributed by atoms with E-state index in [0.29, 0.717) is 19.0 Å². The molecule has 0 atom stereocenters. The van der Waals surface area contributed by atoms with Crippen molar-refractivity contribution in [2.45, 2.75) is 12.8 Å². The average Bonchev–Trinajstić information content (AvgIpc) is 2.29. The van der Waals surface area contributed by atoms with Crippen molar-refractivity contribution in [1.29, 1.82) is 0 Å². The first kappa shape index (κ1) is 14.9. The molecule has 1 aliphatic rings. The zero-order valence-electron chi connectivity index (χ0n) is 11.1. The van der Waals surface area contributed by atoms with E-state index < -0.39 is 10.0 Å². The molecule has 1 N–H and O–H groups in total. The van der Waals surface area contributed by atoms with Gasteiger partial charge in [0.05, 0.1) is 5.75 Å². The van der Waals surface area contributed by atoms with Crippen LogP contribution in [0.5, 0.6) is 0 Å². The van der Waals surface area contributed by atoms with Crippen LogP contribution >= 0.6 is 0 Å². The summed E-state index contributed by atoms with van der Waals surface area (Å²) in [6.07, 6.45) is 2.20. The van der Waals surface area contributed by atoms with Crippen LogP contribution in [-0.4, -0.2) is 70.7 Å². The third kappa shape index (κ3) is 4.91. The maximum atomic E-state index is 11.9. The molecule has 0 aromatic heterocycles. The van der Waals surface area contributed by atoms with E-state index in [-0.39, 0.29) is 5.75 Å². The van der Waals surface area contributed by atoms with Gasteiger partial charge in [0.1, 0.15) is 0 Å². The van der Waals surface area contributed by atoms with E-state index in [1.54, 1.807) is 14.1 Å². The molecule has 5 nitrogen and oxygen atoms in total. The van der Waals surface area contributed by atoms with Gasteiger partial charge < -0.3 is 10.2 Å². The lowest BCUT2D eigenvalue weighted by Gasteiger charge is -2.31. The molecule has 0 spiro atoms. The Morgan fingerprint density at radius 3 is 2.47 bits per heavy atom. The van der Waals surface area contributed by atoms with Gasteiger partial charge in [-0.05, 0) is 45.9 Å². The zero-order valence-corrected chi connectivity index (χ0v) is 12.0. The lowest BCUT2D eigenvalue weighted by molar-refractivity contribution is 0.202. The van der Waals surface area contributed by atoms with Gasteiger partial charge in [0.15, 0.2) is 0 Å². The minimum atomic E-state index is -3.08. The number of sulfonamides is 1. The van der Waals surface area contributed by atoms with Crippen LogP contribution < -0.4 is 5.32 Å². The lowest BCUT2D eigenvalue weighted by Crippen LogP contribution is -2.39. The fraction of sp³-hybridized carbons (Fsp3) is 1.00. The van der Waals surface area contributed by atoms with E-state index in [4.69, 9.17) is 0 Å². The van der Waals surface area contributed by atoms with E-state index in [9.17, 15) is 8.42 Å². The molecule has 0 unspecified atom stereocenters. The van der Waals surface area contributed by atoms with Crippen LogP contribution in [0.2, 0.25) is 0 Å². The third-order valence-corrected chi connectivity index (χ3v) is 5.26. The highest BCUT2D eigenvalue weighted by Gasteiger charge is 2.23. The van der Waals surface area contributed by atoms with Gasteiger partial charge in [-0.15, -0.1) is 0 Å². The molecule has 17 heavy (non-hydrogen) atoms. The minimum Gasteiger partial charge on any atom is -0.319 e. The van der Waals surface area contributed by atoms with Gasteiger partial charge in [0.2, 0.25) is 10.0 Å². The Morgan fingerprint density at radius 2 is 1.94 bits per heavy atom. The highest BCUT2D eigenvalue weighted by atomic mass is 32.2. The monoisotopic (exact) mass is 263 g/mol. The molecule has 0 saturated carbocycles. The summed E-state index contributed by atoms with van der Waals surface area (Å²) in [5.74, 6) is 0.702. The van der Waals surface area contributed by atoms with Crippen LogP contribution in [0.4, 0.5) is 0 Å². The van der Waals surface area contributed by atoms with E-state index in [2.05, 4.69) is 17.3 Å². The Balaban J connectivity index is 2.40. The number of hydrogen-bond acceptors (Lipinski definition) is 4. The first-order valence-corrected chi connectivity index (χ1v) is 7.84. The summed E-state index contributed by atoms with van der Waals surface area (Å²) in [4.78, 5) is 2.30. The number of rotatable bonds is 6. The highest BCUT2D eigenvalue weighted by Crippen LogP contribution is 2.17. The Hall–Kier alpha value is -0.170. The van der Waals surface area contributed by atoms with Gasteiger partial charge in [-0.3, -0.25) is 0 Å². The number of likely N-dealkylation sites (tertiary alicyclic amines) is 1. The summed E-state index contributed by atoms with van der Waals surface area (Å²) in [5, 5.41) is 2.88. The predicted molar refractivity (Wildman–Crippen MR) is 70.6 cm³/mol. The molecule has 0 aliphatic carbocycles. The van der Waals surface area contributed by atoms with Crippen molar-refractivity contribution in [2.75, 3.05) is 53.1 Å². The van der Waals surface area contributed by atoms with Gasteiger partial charge in [-0.1, -0.05) is 0 Å². The summed E-state index contributed by atoms with van der Waals surface area (Å²) in [6.45, 7) is 3.34. The van der Waals surface area contributed by atoms with Crippen molar-refractivity contribution in [1.82, 2.24) is 14.5 Å². The van der Waals surface area contributed by atoms with Crippen LogP contribution in [0.3, 0.4) is 0 Å². The molecule has 0 bridgehead atoms. The summed E-state index contributed by atoms with van der Waals surface area (Å²) in [7, 11) is 2.50. The largest absolute Gasteiger partial charge is 0.319 e. The van der Waals surface area contributed by atoms with Crippen LogP contribution in [0, 0.1) is 5.92 Å². The normalized spacial score (nSPS) is 20.0. The number of hydrogen-bond donors (Lipinski definition) is 1. The van der Waals surface area contributed by atoms with Crippen molar-refractivity contribution in [2.24, 2.45) is 5.92 Å². The van der Waals surface area contributed by atoms with Gasteiger partial charge in [-0.25, -0.2) is 12.7 Å². The second kappa shape index (κ2) is 6.68. The van der Waals surface area contributed by atoms with Crippen molar-refractivity contribution in [3.63, 3.8) is 0 Å². The summed E-state index contributed by atoms with van der Waals surface area (Å²) in [5.41, 5.74) is 0. The molecule has 102 valence electrons. The Labute approximate surface area is 105 Å². The molecule has 1 aliphatic heterocycles. The molecular weight excluding hydrogens is 238 g/mol. The molecule has 0 aromatic carbocycles. The van der Waals surface area contributed by atoms with E-state index in [1.165, 1.54) is 4.31 Å². The standard InChI is InChI=1S/C11H25N3O2S/c1-12-6-9-17(15,16)14(3)10-11-4-7-13(2)8-5-11/h11-12H,4-10H2,1-3H3. The maximum Gasteiger partial charge on any atom is 0.215 e. The lowest BCUT2D eigenvalue weighted by atomic mass is 9.97. The fourth-order valence-electron chi connectivity index (χ4n) is 2.11. The van der Waals surface area contributed by atoms with Crippen molar-refractivity contribution in [3.8, 4) is 0 Å². The Bertz CT molecular complexity index is 311. The van der Waals surface area contributed by atoms with Gasteiger partial charge >= 0.3 is 0 Å². The molecule has 1 rings (SSSR count). The molecular formula is C11H25N3O2S. The maximum absolute atomic E-state index is 11.9. The molecule has 0 aromatic rings. The smallest absolute Gasteiger partial charge is 0.215 e. The zero-order chi connectivity index (χ0) is 12.9. The van der Waals surface area contributed by atoms with E-state index in [0.717, 1.165) is 25.9 Å². The average molecular weight is 263 g/mol. The molecule has 1 fully saturated rings. The van der Waals surface area contributed by atoms with E-state index in [1.807, 2.05) is 0 Å². The third-order valence-electron chi connectivity index (χ3n) is 3.44. The topological polar surface area (TPSA) is 52.7 Å². The van der Waals surface area contributed by atoms with E-state index >= 15 is 0 Å². The molecule has 6 heteroatoms. The Kier molecular flexibility index (Phi) is 5.85. The molecule has 0 radical (unpaired) electrons. The van der Waals surface area contributed by atoms with Crippen LogP contribution in [-0.2, 0) is 10.0 Å². The molecule has 0 amide bonds. The number of nitrogens with one attached hydrogen (secondary N) is 1. The van der Waals surface area contributed by atoms with Gasteiger partial charge in [0.25, 0.3) is 0 Å². The summed E-state index contributed by atoms with van der Waals surface area (Å²) in [6, 6.07) is 0. The predicted octanol–water partition coefficient (Wildman–Crippen LogP) is -0.191. The second-order valence-corrected chi connectivity index (χ2v) is 7.14. The fourth-order valence-corrected chi connectivity index (χ4v) is 3.32. The summed E-state index contributed by atoms with van der Waals surface area (Å²) >= 11 is 0. The van der Waals surface area contributed by atoms with Crippen molar-refractivity contribution in [3.05, 3.63) is 0 Å². The van der Waals surface area contributed by atoms with Crippen LogP contribution in [0.15, 0.2) is 0 Å². The minimum absolute atomic E-state index is 0.187. The first-order chi connectivity index (χ1) is 7.95. The van der Waals surface area contributed by atoms with Crippen LogP contribution in [0.1, 0.15) is 12.8 Å². The SMILES string of the molecule is CNCCS(=O)(=O)N(C)CC1CCN(C)CC1. The molecule has 1 saturated heterocycles. The van der Waals surface area contributed by atoms with Gasteiger partial charge in [-0.2, -0.15) is 0 Å². The van der Waals surface area contributed by atoms with Crippen LogP contribution in [0.25, 0.3) is 0 Å². The number of piperidine rings is 1. The Morgan fingerprint density at radius 1 is 1.35 bits per heavy atom. The number of nitrogens with zero attached hydrogens (tertiary/aromatic N) is 2. The second-order valence-electron chi connectivity index (χ2n) is 4.95.